The van der Waals surface area contributed by atoms with Crippen LogP contribution in [0, 0.1) is 20.8 Å². The molecule has 0 fully saturated rings. The normalized spacial score (nSPS) is 15.5. The Labute approximate surface area is 161 Å². The van der Waals surface area contributed by atoms with Crippen molar-refractivity contribution in [2.75, 3.05) is 11.9 Å². The summed E-state index contributed by atoms with van der Waals surface area (Å²) in [7, 11) is 0. The Bertz CT molecular complexity index is 876. The lowest BCUT2D eigenvalue weighted by molar-refractivity contribution is -0.111. The first-order chi connectivity index (χ1) is 12.9. The summed E-state index contributed by atoms with van der Waals surface area (Å²) >= 11 is 0. The van der Waals surface area contributed by atoms with Crippen LogP contribution in [0.4, 0.5) is 5.69 Å². The van der Waals surface area contributed by atoms with E-state index in [1.165, 1.54) is 5.56 Å². The minimum absolute atomic E-state index is 0.165. The van der Waals surface area contributed by atoms with Crippen LogP contribution in [0.3, 0.4) is 0 Å². The second-order valence-electron chi connectivity index (χ2n) is 7.16. The molecule has 2 aromatic rings. The smallest absolute Gasteiger partial charge is 0.248 e. The van der Waals surface area contributed by atoms with Crippen molar-refractivity contribution in [2.24, 2.45) is 0 Å². The van der Waals surface area contributed by atoms with Gasteiger partial charge in [0.15, 0.2) is 0 Å². The van der Waals surface area contributed by atoms with Crippen LogP contribution in [0.5, 0.6) is 11.5 Å². The lowest BCUT2D eigenvalue weighted by Gasteiger charge is -2.12. The molecule has 0 aromatic heterocycles. The lowest BCUT2D eigenvalue weighted by Crippen LogP contribution is -2.10. The summed E-state index contributed by atoms with van der Waals surface area (Å²) in [6.07, 6.45) is 4.38. The van der Waals surface area contributed by atoms with Gasteiger partial charge >= 0.3 is 0 Å². The zero-order valence-corrected chi connectivity index (χ0v) is 16.7. The van der Waals surface area contributed by atoms with E-state index < -0.39 is 0 Å². The molecule has 1 amide bonds. The van der Waals surface area contributed by atoms with Gasteiger partial charge in [-0.1, -0.05) is 17.7 Å². The number of aryl methyl sites for hydroxylation is 3. The fourth-order valence-corrected chi connectivity index (χ4v) is 3.57. The summed E-state index contributed by atoms with van der Waals surface area (Å²) in [4.78, 5) is 12.5. The minimum Gasteiger partial charge on any atom is -0.493 e. The number of fused-ring (bicyclic) bond motifs is 1. The van der Waals surface area contributed by atoms with Crippen LogP contribution in [0.2, 0.25) is 0 Å². The Morgan fingerprint density at radius 3 is 2.59 bits per heavy atom. The molecule has 2 aromatic carbocycles. The number of rotatable bonds is 5. The second-order valence-corrected chi connectivity index (χ2v) is 7.16. The Kier molecular flexibility index (Phi) is 5.54. The Hall–Kier alpha value is -2.75. The summed E-state index contributed by atoms with van der Waals surface area (Å²) in [5.74, 6) is 1.49. The quantitative estimate of drug-likeness (QED) is 0.760. The molecule has 1 N–H and O–H groups in total. The number of benzene rings is 2. The molecule has 0 bridgehead atoms. The van der Waals surface area contributed by atoms with Gasteiger partial charge in [-0.05, 0) is 64.0 Å². The molecule has 0 aliphatic carbocycles. The Morgan fingerprint density at radius 2 is 1.93 bits per heavy atom. The van der Waals surface area contributed by atoms with Crippen molar-refractivity contribution in [2.45, 2.75) is 47.1 Å². The van der Waals surface area contributed by atoms with Gasteiger partial charge in [-0.25, -0.2) is 0 Å². The monoisotopic (exact) mass is 365 g/mol. The van der Waals surface area contributed by atoms with Gasteiger partial charge < -0.3 is 14.8 Å². The fourth-order valence-electron chi connectivity index (χ4n) is 3.57. The molecule has 1 aliphatic rings. The molecular weight excluding hydrogens is 338 g/mol. The van der Waals surface area contributed by atoms with Crippen LogP contribution < -0.4 is 14.8 Å². The van der Waals surface area contributed by atoms with E-state index in [0.29, 0.717) is 6.61 Å². The third-order valence-corrected chi connectivity index (χ3v) is 4.67. The SMILES string of the molecule is CCOc1cc2c(cc1/C=C/C(=O)Nc1c(C)cc(C)cc1C)O[C@@H](C)C2. The highest BCUT2D eigenvalue weighted by Crippen LogP contribution is 2.35. The molecule has 3 rings (SSSR count). The summed E-state index contributed by atoms with van der Waals surface area (Å²) in [5.41, 5.74) is 6.17. The molecule has 27 heavy (non-hydrogen) atoms. The third kappa shape index (κ3) is 4.33. The van der Waals surface area contributed by atoms with Gasteiger partial charge in [-0.3, -0.25) is 4.79 Å². The van der Waals surface area contributed by atoms with Crippen molar-refractivity contribution in [3.63, 3.8) is 0 Å². The van der Waals surface area contributed by atoms with Gasteiger partial charge in [0.2, 0.25) is 5.91 Å². The van der Waals surface area contributed by atoms with Gasteiger partial charge in [0.25, 0.3) is 0 Å². The number of anilines is 1. The number of carbonyl (C=O) groups is 1. The van der Waals surface area contributed by atoms with E-state index in [0.717, 1.165) is 45.9 Å². The van der Waals surface area contributed by atoms with E-state index in [4.69, 9.17) is 9.47 Å². The molecule has 0 unspecified atom stereocenters. The highest BCUT2D eigenvalue weighted by Gasteiger charge is 2.21. The van der Waals surface area contributed by atoms with Crippen LogP contribution in [0.1, 0.15) is 41.7 Å². The minimum atomic E-state index is -0.165. The van der Waals surface area contributed by atoms with Gasteiger partial charge in [-0.15, -0.1) is 0 Å². The summed E-state index contributed by atoms with van der Waals surface area (Å²) in [6, 6.07) is 8.11. The predicted molar refractivity (Wildman–Crippen MR) is 110 cm³/mol. The highest BCUT2D eigenvalue weighted by molar-refractivity contribution is 6.03. The van der Waals surface area contributed by atoms with E-state index in [-0.39, 0.29) is 12.0 Å². The molecule has 0 saturated carbocycles. The van der Waals surface area contributed by atoms with E-state index >= 15 is 0 Å². The van der Waals surface area contributed by atoms with Gasteiger partial charge in [0.05, 0.1) is 6.61 Å². The molecule has 4 nitrogen and oxygen atoms in total. The molecule has 0 radical (unpaired) electrons. The molecule has 1 heterocycles. The maximum atomic E-state index is 12.5. The molecule has 0 saturated heterocycles. The number of hydrogen-bond acceptors (Lipinski definition) is 3. The third-order valence-electron chi connectivity index (χ3n) is 4.67. The van der Waals surface area contributed by atoms with Gasteiger partial charge in [0.1, 0.15) is 17.6 Å². The molecule has 1 aliphatic heterocycles. The first kappa shape index (κ1) is 19.0. The summed E-state index contributed by atoms with van der Waals surface area (Å²) in [6.45, 7) is 10.6. The average Bonchev–Trinajstić information content (AvgIpc) is 2.95. The van der Waals surface area contributed by atoms with Crippen molar-refractivity contribution in [1.29, 1.82) is 0 Å². The van der Waals surface area contributed by atoms with Crippen LogP contribution in [-0.2, 0) is 11.2 Å². The number of nitrogens with one attached hydrogen (secondary N) is 1. The average molecular weight is 365 g/mol. The maximum Gasteiger partial charge on any atom is 0.248 e. The van der Waals surface area contributed by atoms with Gasteiger partial charge in [-0.2, -0.15) is 0 Å². The number of ether oxygens (including phenoxy) is 2. The zero-order chi connectivity index (χ0) is 19.6. The zero-order valence-electron chi connectivity index (χ0n) is 16.7. The Morgan fingerprint density at radius 1 is 1.22 bits per heavy atom. The predicted octanol–water partition coefficient (Wildman–Crippen LogP) is 4.99. The van der Waals surface area contributed by atoms with Crippen molar-refractivity contribution < 1.29 is 14.3 Å². The lowest BCUT2D eigenvalue weighted by atomic mass is 10.0. The van der Waals surface area contributed by atoms with E-state index in [1.807, 2.05) is 32.9 Å². The molecule has 0 spiro atoms. The summed E-state index contributed by atoms with van der Waals surface area (Å²) in [5, 5.41) is 2.99. The van der Waals surface area contributed by atoms with E-state index in [2.05, 4.69) is 31.3 Å². The fraction of sp³-hybridized carbons (Fsp3) is 0.348. The number of hydrogen-bond donors (Lipinski definition) is 1. The van der Waals surface area contributed by atoms with Crippen LogP contribution in [0.25, 0.3) is 6.08 Å². The van der Waals surface area contributed by atoms with Crippen LogP contribution >= 0.6 is 0 Å². The van der Waals surface area contributed by atoms with Crippen molar-refractivity contribution in [3.05, 3.63) is 58.2 Å². The second kappa shape index (κ2) is 7.87. The first-order valence-corrected chi connectivity index (χ1v) is 9.40. The molecule has 1 atom stereocenters. The Balaban J connectivity index is 1.81. The largest absolute Gasteiger partial charge is 0.493 e. The van der Waals surface area contributed by atoms with Crippen molar-refractivity contribution in [3.8, 4) is 11.5 Å². The molecular formula is C23H27NO3. The van der Waals surface area contributed by atoms with Crippen LogP contribution in [-0.4, -0.2) is 18.6 Å². The van der Waals surface area contributed by atoms with Crippen LogP contribution in [0.15, 0.2) is 30.3 Å². The number of carbonyl (C=O) groups excluding carboxylic acids is 1. The van der Waals surface area contributed by atoms with E-state index in [1.54, 1.807) is 12.2 Å². The molecule has 142 valence electrons. The van der Waals surface area contributed by atoms with Crippen molar-refractivity contribution in [1.82, 2.24) is 0 Å². The standard InChI is InChI=1S/C23H27NO3/c1-6-26-20-13-19-11-17(5)27-21(19)12-18(20)7-8-22(25)24-23-15(3)9-14(2)10-16(23)4/h7-10,12-13,17H,6,11H2,1-5H3,(H,24,25)/b8-7+/t17-/m0/s1. The highest BCUT2D eigenvalue weighted by atomic mass is 16.5. The maximum absolute atomic E-state index is 12.5. The first-order valence-electron chi connectivity index (χ1n) is 9.40. The van der Waals surface area contributed by atoms with E-state index in [9.17, 15) is 4.79 Å². The topological polar surface area (TPSA) is 47.6 Å². The van der Waals surface area contributed by atoms with Gasteiger partial charge in [0, 0.05) is 29.3 Å². The molecule has 4 heteroatoms. The van der Waals surface area contributed by atoms with Crippen molar-refractivity contribution >= 4 is 17.7 Å². The number of amides is 1. The summed E-state index contributed by atoms with van der Waals surface area (Å²) < 4.78 is 11.6.